The third-order valence-corrected chi connectivity index (χ3v) is 4.66. The smallest absolute Gasteiger partial charge is 0.263 e. The second-order valence-electron chi connectivity index (χ2n) is 6.17. The maximum atomic E-state index is 12.9. The van der Waals surface area contributed by atoms with Crippen molar-refractivity contribution in [2.75, 3.05) is 4.90 Å². The summed E-state index contributed by atoms with van der Waals surface area (Å²) in [6.07, 6.45) is 0. The zero-order valence-electron chi connectivity index (χ0n) is 13.5. The summed E-state index contributed by atoms with van der Waals surface area (Å²) in [6, 6.07) is 13.1. The highest BCUT2D eigenvalue weighted by Gasteiger charge is 2.54. The summed E-state index contributed by atoms with van der Waals surface area (Å²) in [5.41, 5.74) is 2.57. The molecule has 4 rings (SSSR count). The Kier molecular flexibility index (Phi) is 3.77. The monoisotopic (exact) mass is 354 g/mol. The molecule has 2 aliphatic rings. The quantitative estimate of drug-likeness (QED) is 0.795. The predicted octanol–water partition coefficient (Wildman–Crippen LogP) is 3.14. The van der Waals surface area contributed by atoms with Crippen LogP contribution in [0.4, 0.5) is 5.69 Å². The molecule has 2 aliphatic heterocycles. The van der Waals surface area contributed by atoms with Crippen molar-refractivity contribution in [2.45, 2.75) is 25.6 Å². The molecule has 0 N–H and O–H groups in total. The van der Waals surface area contributed by atoms with Crippen LogP contribution in [0, 0.1) is 6.92 Å². The second kappa shape index (κ2) is 5.97. The standard InChI is InChI=1S/C18H15ClN4O2/c1-11-2-8-14(9-3-11)23-17(24)15-16(18(23)25)22(21-20-15)10-12-4-6-13(19)7-5-12/h2-9,15-16H,10H2,1H3/t15-,16+/m0/s1. The fraction of sp³-hybridized carbons (Fsp3) is 0.222. The number of amides is 2. The van der Waals surface area contributed by atoms with E-state index < -0.39 is 12.1 Å². The van der Waals surface area contributed by atoms with Gasteiger partial charge in [-0.05, 0) is 36.8 Å². The van der Waals surface area contributed by atoms with Crippen LogP contribution in [0.15, 0.2) is 58.9 Å². The number of nitrogens with zero attached hydrogens (tertiary/aromatic N) is 4. The summed E-state index contributed by atoms with van der Waals surface area (Å²) in [6.45, 7) is 2.34. The number of benzene rings is 2. The van der Waals surface area contributed by atoms with Gasteiger partial charge >= 0.3 is 0 Å². The first-order valence-corrected chi connectivity index (χ1v) is 8.29. The first-order chi connectivity index (χ1) is 12.0. The molecular formula is C18H15ClN4O2. The molecule has 126 valence electrons. The molecule has 1 saturated heterocycles. The fourth-order valence-electron chi connectivity index (χ4n) is 3.08. The van der Waals surface area contributed by atoms with Crippen molar-refractivity contribution in [1.82, 2.24) is 5.01 Å². The van der Waals surface area contributed by atoms with Gasteiger partial charge in [-0.25, -0.2) is 4.90 Å². The van der Waals surface area contributed by atoms with E-state index in [0.717, 1.165) is 11.1 Å². The lowest BCUT2D eigenvalue weighted by atomic mass is 10.1. The Bertz CT molecular complexity index is 864. The van der Waals surface area contributed by atoms with Gasteiger partial charge in [0.05, 0.1) is 12.2 Å². The van der Waals surface area contributed by atoms with Crippen LogP contribution in [0.3, 0.4) is 0 Å². The van der Waals surface area contributed by atoms with Crippen LogP contribution in [-0.4, -0.2) is 28.9 Å². The predicted molar refractivity (Wildman–Crippen MR) is 93.1 cm³/mol. The van der Waals surface area contributed by atoms with E-state index in [1.807, 2.05) is 31.2 Å². The molecule has 2 aromatic carbocycles. The SMILES string of the molecule is Cc1ccc(N2C(=O)[C@H]3N=NN(Cc4ccc(Cl)cc4)[C@H]3C2=O)cc1. The van der Waals surface area contributed by atoms with Crippen LogP contribution < -0.4 is 4.90 Å². The summed E-state index contributed by atoms with van der Waals surface area (Å²) in [4.78, 5) is 26.7. The molecule has 0 saturated carbocycles. The van der Waals surface area contributed by atoms with E-state index in [4.69, 9.17) is 11.6 Å². The van der Waals surface area contributed by atoms with Gasteiger partial charge < -0.3 is 0 Å². The van der Waals surface area contributed by atoms with Gasteiger partial charge in [-0.15, -0.1) is 0 Å². The number of fused-ring (bicyclic) bond motifs is 1. The number of rotatable bonds is 3. The molecule has 0 radical (unpaired) electrons. The van der Waals surface area contributed by atoms with Gasteiger partial charge in [0, 0.05) is 5.02 Å². The highest BCUT2D eigenvalue weighted by molar-refractivity contribution is 6.30. The first kappa shape index (κ1) is 15.8. The molecule has 2 amide bonds. The van der Waals surface area contributed by atoms with Crippen molar-refractivity contribution in [3.05, 3.63) is 64.7 Å². The van der Waals surface area contributed by atoms with E-state index in [0.29, 0.717) is 17.3 Å². The van der Waals surface area contributed by atoms with Crippen LogP contribution in [0.1, 0.15) is 11.1 Å². The van der Waals surface area contributed by atoms with E-state index >= 15 is 0 Å². The largest absolute Gasteiger partial charge is 0.271 e. The van der Waals surface area contributed by atoms with Crippen molar-refractivity contribution in [3.63, 3.8) is 0 Å². The van der Waals surface area contributed by atoms with E-state index in [9.17, 15) is 9.59 Å². The second-order valence-corrected chi connectivity index (χ2v) is 6.60. The Morgan fingerprint density at radius 2 is 1.68 bits per heavy atom. The molecule has 7 heteroatoms. The minimum Gasteiger partial charge on any atom is -0.271 e. The van der Waals surface area contributed by atoms with Gasteiger partial charge in [0.25, 0.3) is 11.8 Å². The Hall–Kier alpha value is -2.73. The summed E-state index contributed by atoms with van der Waals surface area (Å²) in [7, 11) is 0. The number of hydrogen-bond donors (Lipinski definition) is 0. The van der Waals surface area contributed by atoms with Gasteiger partial charge in [0.15, 0.2) is 12.1 Å². The molecule has 0 bridgehead atoms. The summed E-state index contributed by atoms with van der Waals surface area (Å²) >= 11 is 5.90. The average Bonchev–Trinajstić information content (AvgIpc) is 3.12. The van der Waals surface area contributed by atoms with Crippen LogP contribution in [0.5, 0.6) is 0 Å². The number of hydrogen-bond acceptors (Lipinski definition) is 5. The van der Waals surface area contributed by atoms with Gasteiger partial charge in [-0.2, -0.15) is 5.11 Å². The molecule has 25 heavy (non-hydrogen) atoms. The lowest BCUT2D eigenvalue weighted by molar-refractivity contribution is -0.123. The van der Waals surface area contributed by atoms with Crippen LogP contribution in [0.25, 0.3) is 0 Å². The fourth-order valence-corrected chi connectivity index (χ4v) is 3.21. The normalized spacial score (nSPS) is 22.0. The van der Waals surface area contributed by atoms with Crippen molar-refractivity contribution < 1.29 is 9.59 Å². The van der Waals surface area contributed by atoms with Crippen molar-refractivity contribution >= 4 is 29.1 Å². The van der Waals surface area contributed by atoms with E-state index in [1.165, 1.54) is 4.90 Å². The maximum Gasteiger partial charge on any atom is 0.263 e. The lowest BCUT2D eigenvalue weighted by Gasteiger charge is -2.20. The minimum absolute atomic E-state index is 0.294. The number of imide groups is 1. The number of carbonyl (C=O) groups excluding carboxylic acids is 2. The molecule has 2 aromatic rings. The molecule has 0 aliphatic carbocycles. The van der Waals surface area contributed by atoms with Crippen molar-refractivity contribution in [2.24, 2.45) is 10.3 Å². The summed E-state index contributed by atoms with van der Waals surface area (Å²) < 4.78 is 0. The lowest BCUT2D eigenvalue weighted by Crippen LogP contribution is -2.39. The summed E-state index contributed by atoms with van der Waals surface area (Å²) in [5, 5.41) is 10.3. The number of aryl methyl sites for hydroxylation is 1. The molecule has 2 atom stereocenters. The molecule has 0 spiro atoms. The zero-order chi connectivity index (χ0) is 17.6. The Labute approximate surface area is 149 Å². The van der Waals surface area contributed by atoms with Gasteiger partial charge in [-0.1, -0.05) is 46.7 Å². The number of halogens is 1. The molecular weight excluding hydrogens is 340 g/mol. The highest BCUT2D eigenvalue weighted by atomic mass is 35.5. The van der Waals surface area contributed by atoms with Gasteiger partial charge in [0.1, 0.15) is 0 Å². The van der Waals surface area contributed by atoms with E-state index in [1.54, 1.807) is 29.3 Å². The maximum absolute atomic E-state index is 12.9. The summed E-state index contributed by atoms with van der Waals surface area (Å²) in [5.74, 6) is -0.626. The van der Waals surface area contributed by atoms with E-state index in [-0.39, 0.29) is 11.8 Å². The first-order valence-electron chi connectivity index (χ1n) is 7.91. The number of anilines is 1. The molecule has 0 aromatic heterocycles. The van der Waals surface area contributed by atoms with Gasteiger partial charge in [-0.3, -0.25) is 14.6 Å². The third-order valence-electron chi connectivity index (χ3n) is 4.41. The molecule has 6 nitrogen and oxygen atoms in total. The van der Waals surface area contributed by atoms with Crippen molar-refractivity contribution in [1.29, 1.82) is 0 Å². The highest BCUT2D eigenvalue weighted by Crippen LogP contribution is 2.32. The molecule has 1 fully saturated rings. The van der Waals surface area contributed by atoms with Crippen molar-refractivity contribution in [3.8, 4) is 0 Å². The topological polar surface area (TPSA) is 65.3 Å². The van der Waals surface area contributed by atoms with E-state index in [2.05, 4.69) is 10.3 Å². The van der Waals surface area contributed by atoms with Crippen LogP contribution >= 0.6 is 11.6 Å². The van der Waals surface area contributed by atoms with Crippen LogP contribution in [-0.2, 0) is 16.1 Å². The Morgan fingerprint density at radius 3 is 2.36 bits per heavy atom. The third kappa shape index (κ3) is 2.68. The Balaban J connectivity index is 1.59. The Morgan fingerprint density at radius 1 is 1.00 bits per heavy atom. The van der Waals surface area contributed by atoms with Crippen LogP contribution in [0.2, 0.25) is 5.02 Å². The molecule has 0 unspecified atom stereocenters. The zero-order valence-corrected chi connectivity index (χ0v) is 14.2. The number of carbonyl (C=O) groups is 2. The molecule has 2 heterocycles. The van der Waals surface area contributed by atoms with Gasteiger partial charge in [0.2, 0.25) is 0 Å². The minimum atomic E-state index is -0.777. The average molecular weight is 355 g/mol.